The number of nitrogens with one attached hydrogen (secondary N) is 1. The molecule has 0 saturated carbocycles. The lowest BCUT2D eigenvalue weighted by molar-refractivity contribution is 0.184. The smallest absolute Gasteiger partial charge is 0.240 e. The molecule has 0 aromatic heterocycles. The maximum atomic E-state index is 13.1. The molecule has 1 heterocycles. The molecule has 0 amide bonds. The molecule has 7 heteroatoms. The predicted octanol–water partition coefficient (Wildman–Crippen LogP) is 2.49. The Kier molecular flexibility index (Phi) is 5.60. The summed E-state index contributed by atoms with van der Waals surface area (Å²) in [6, 6.07) is 3.43. The van der Waals surface area contributed by atoms with Crippen molar-refractivity contribution in [2.75, 3.05) is 26.2 Å². The normalized spacial score (nSPS) is 20.6. The lowest BCUT2D eigenvalue weighted by Crippen LogP contribution is -2.40. The average molecular weight is 335 g/mol. The van der Waals surface area contributed by atoms with Crippen LogP contribution in [0.2, 0.25) is 5.02 Å². The monoisotopic (exact) mass is 334 g/mol. The van der Waals surface area contributed by atoms with Crippen LogP contribution in [0.4, 0.5) is 4.39 Å². The number of halogens is 2. The summed E-state index contributed by atoms with van der Waals surface area (Å²) < 4.78 is 40.1. The van der Waals surface area contributed by atoms with Crippen LogP contribution in [0.1, 0.15) is 19.8 Å². The van der Waals surface area contributed by atoms with Crippen LogP contribution in [0.3, 0.4) is 0 Å². The van der Waals surface area contributed by atoms with Gasteiger partial charge in [-0.1, -0.05) is 18.5 Å². The van der Waals surface area contributed by atoms with Gasteiger partial charge in [-0.2, -0.15) is 0 Å². The number of hydrogen-bond donors (Lipinski definition) is 1. The number of hydrogen-bond acceptors (Lipinski definition) is 3. The Bertz CT molecular complexity index is 595. The van der Waals surface area contributed by atoms with E-state index in [2.05, 4.69) is 16.5 Å². The molecule has 1 fully saturated rings. The van der Waals surface area contributed by atoms with Crippen molar-refractivity contribution in [2.24, 2.45) is 5.92 Å². The van der Waals surface area contributed by atoms with Crippen LogP contribution in [-0.2, 0) is 10.0 Å². The summed E-state index contributed by atoms with van der Waals surface area (Å²) in [6.45, 7) is 5.47. The fraction of sp³-hybridized carbons (Fsp3) is 0.571. The van der Waals surface area contributed by atoms with Gasteiger partial charge in [0, 0.05) is 13.1 Å². The van der Waals surface area contributed by atoms with Crippen molar-refractivity contribution in [3.8, 4) is 0 Å². The molecular formula is C14H20ClFN2O2S. The second kappa shape index (κ2) is 7.05. The molecule has 21 heavy (non-hydrogen) atoms. The van der Waals surface area contributed by atoms with Crippen molar-refractivity contribution in [2.45, 2.75) is 24.7 Å². The van der Waals surface area contributed by atoms with Gasteiger partial charge < -0.3 is 4.90 Å². The highest BCUT2D eigenvalue weighted by Gasteiger charge is 2.22. The third-order valence-electron chi connectivity index (χ3n) is 3.81. The van der Waals surface area contributed by atoms with Crippen LogP contribution in [0.5, 0.6) is 0 Å². The molecule has 0 unspecified atom stereocenters. The van der Waals surface area contributed by atoms with Gasteiger partial charge in [0.15, 0.2) is 0 Å². The molecule has 0 spiro atoms. The van der Waals surface area contributed by atoms with Crippen LogP contribution in [0.15, 0.2) is 23.1 Å². The topological polar surface area (TPSA) is 49.4 Å². The third-order valence-corrected chi connectivity index (χ3v) is 5.52. The Morgan fingerprint density at radius 3 is 2.90 bits per heavy atom. The molecule has 1 N–H and O–H groups in total. The van der Waals surface area contributed by atoms with Crippen LogP contribution in [-0.4, -0.2) is 39.5 Å². The second-order valence-corrected chi connectivity index (χ2v) is 7.50. The Hall–Kier alpha value is -0.690. The van der Waals surface area contributed by atoms with Crippen LogP contribution < -0.4 is 4.72 Å². The lowest BCUT2D eigenvalue weighted by atomic mass is 9.98. The molecule has 1 aromatic rings. The standard InChI is InChI=1S/C14H20ClFN2O2S/c1-2-18-7-3-4-11(10-18)9-17-21(19,20)12-5-6-14(16)13(15)8-12/h5-6,8,11,17H,2-4,7,9-10H2,1H3/t11-/m1/s1. The third kappa shape index (κ3) is 4.39. The highest BCUT2D eigenvalue weighted by molar-refractivity contribution is 7.89. The van der Waals surface area contributed by atoms with Crippen molar-refractivity contribution in [1.29, 1.82) is 0 Å². The van der Waals surface area contributed by atoms with E-state index in [-0.39, 0.29) is 9.92 Å². The predicted molar refractivity (Wildman–Crippen MR) is 81.4 cm³/mol. The maximum absolute atomic E-state index is 13.1. The fourth-order valence-electron chi connectivity index (χ4n) is 2.56. The van der Waals surface area contributed by atoms with E-state index in [0.29, 0.717) is 12.5 Å². The van der Waals surface area contributed by atoms with Gasteiger partial charge in [0.25, 0.3) is 0 Å². The van der Waals surface area contributed by atoms with E-state index in [1.165, 1.54) is 6.07 Å². The molecule has 4 nitrogen and oxygen atoms in total. The summed E-state index contributed by atoms with van der Waals surface area (Å²) in [5.74, 6) is -0.314. The van der Waals surface area contributed by atoms with Gasteiger partial charge in [-0.05, 0) is 50.0 Å². The molecule has 0 bridgehead atoms. The van der Waals surface area contributed by atoms with Crippen LogP contribution >= 0.6 is 11.6 Å². The van der Waals surface area contributed by atoms with Gasteiger partial charge in [-0.15, -0.1) is 0 Å². The number of piperidine rings is 1. The van der Waals surface area contributed by atoms with Crippen molar-refractivity contribution < 1.29 is 12.8 Å². The zero-order valence-corrected chi connectivity index (χ0v) is 13.6. The van der Waals surface area contributed by atoms with Gasteiger partial charge in [-0.25, -0.2) is 17.5 Å². The average Bonchev–Trinajstić information content (AvgIpc) is 2.48. The Morgan fingerprint density at radius 2 is 2.24 bits per heavy atom. The van der Waals surface area contributed by atoms with Crippen molar-refractivity contribution in [1.82, 2.24) is 9.62 Å². The molecule has 2 rings (SSSR count). The quantitative estimate of drug-likeness (QED) is 0.900. The molecule has 0 radical (unpaired) electrons. The highest BCUT2D eigenvalue weighted by Crippen LogP contribution is 2.20. The fourth-order valence-corrected chi connectivity index (χ4v) is 3.95. The Labute approximate surface area is 130 Å². The molecule has 0 aliphatic carbocycles. The first kappa shape index (κ1) is 16.7. The molecule has 118 valence electrons. The summed E-state index contributed by atoms with van der Waals surface area (Å²) in [4.78, 5) is 2.31. The van der Waals surface area contributed by atoms with Crippen LogP contribution in [0.25, 0.3) is 0 Å². The van der Waals surface area contributed by atoms with E-state index in [4.69, 9.17) is 11.6 Å². The molecule has 1 aromatic carbocycles. The van der Waals surface area contributed by atoms with Gasteiger partial charge in [-0.3, -0.25) is 0 Å². The summed E-state index contributed by atoms with van der Waals surface area (Å²) in [7, 11) is -3.64. The van der Waals surface area contributed by atoms with E-state index in [9.17, 15) is 12.8 Å². The molecular weight excluding hydrogens is 315 g/mol. The minimum absolute atomic E-state index is 0.00272. The van der Waals surface area contributed by atoms with Crippen molar-refractivity contribution >= 4 is 21.6 Å². The number of rotatable bonds is 5. The Morgan fingerprint density at radius 1 is 1.48 bits per heavy atom. The van der Waals surface area contributed by atoms with Gasteiger partial charge in [0.2, 0.25) is 10.0 Å². The number of benzene rings is 1. The number of sulfonamides is 1. The summed E-state index contributed by atoms with van der Waals surface area (Å²) in [5.41, 5.74) is 0. The molecule has 1 atom stereocenters. The first-order valence-electron chi connectivity index (χ1n) is 7.09. The van der Waals surface area contributed by atoms with Gasteiger partial charge in [0.1, 0.15) is 5.82 Å². The van der Waals surface area contributed by atoms with E-state index >= 15 is 0 Å². The van der Waals surface area contributed by atoms with E-state index < -0.39 is 15.8 Å². The number of nitrogens with zero attached hydrogens (tertiary/aromatic N) is 1. The summed E-state index contributed by atoms with van der Waals surface area (Å²) in [5, 5.41) is -0.187. The lowest BCUT2D eigenvalue weighted by Gasteiger charge is -2.31. The second-order valence-electron chi connectivity index (χ2n) is 5.33. The number of likely N-dealkylation sites (tertiary alicyclic amines) is 1. The zero-order chi connectivity index (χ0) is 15.5. The van der Waals surface area contributed by atoms with Crippen LogP contribution in [0, 0.1) is 11.7 Å². The first-order valence-corrected chi connectivity index (χ1v) is 8.95. The highest BCUT2D eigenvalue weighted by atomic mass is 35.5. The largest absolute Gasteiger partial charge is 0.303 e. The summed E-state index contributed by atoms with van der Waals surface area (Å²) in [6.07, 6.45) is 2.10. The van der Waals surface area contributed by atoms with Crippen molar-refractivity contribution in [3.63, 3.8) is 0 Å². The molecule has 1 aliphatic heterocycles. The summed E-state index contributed by atoms with van der Waals surface area (Å²) >= 11 is 5.63. The molecule has 1 aliphatic rings. The zero-order valence-electron chi connectivity index (χ0n) is 12.0. The Balaban J connectivity index is 1.99. The SMILES string of the molecule is CCN1CCC[C@H](CNS(=O)(=O)c2ccc(F)c(Cl)c2)C1. The minimum atomic E-state index is -3.64. The first-order chi connectivity index (χ1) is 9.92. The maximum Gasteiger partial charge on any atom is 0.240 e. The molecule has 1 saturated heterocycles. The van der Waals surface area contributed by atoms with E-state index in [0.717, 1.165) is 44.6 Å². The van der Waals surface area contributed by atoms with E-state index in [1.54, 1.807) is 0 Å². The van der Waals surface area contributed by atoms with Crippen molar-refractivity contribution in [3.05, 3.63) is 29.0 Å². The van der Waals surface area contributed by atoms with Gasteiger partial charge >= 0.3 is 0 Å². The van der Waals surface area contributed by atoms with E-state index in [1.807, 2.05) is 0 Å². The van der Waals surface area contributed by atoms with Gasteiger partial charge in [0.05, 0.1) is 9.92 Å². The minimum Gasteiger partial charge on any atom is -0.303 e.